The van der Waals surface area contributed by atoms with Crippen LogP contribution in [0.25, 0.3) is 0 Å². The van der Waals surface area contributed by atoms with Gasteiger partial charge in [0.05, 0.1) is 24.1 Å². The molecule has 110 valence electrons. The highest BCUT2D eigenvalue weighted by atomic mass is 16.5. The predicted octanol–water partition coefficient (Wildman–Crippen LogP) is 1.56. The number of aryl methyl sites for hydroxylation is 2. The Bertz CT molecular complexity index is 516. The number of carbonyl (C=O) groups is 2. The van der Waals surface area contributed by atoms with Gasteiger partial charge in [-0.05, 0) is 33.3 Å². The normalized spacial score (nSPS) is 13.4. The largest absolute Gasteiger partial charge is 0.467 e. The lowest BCUT2D eigenvalue weighted by molar-refractivity contribution is -0.147. The lowest BCUT2D eigenvalue weighted by Crippen LogP contribution is -2.52. The van der Waals surface area contributed by atoms with Crippen LogP contribution in [0, 0.1) is 13.8 Å². The summed E-state index contributed by atoms with van der Waals surface area (Å²) in [7, 11) is 1.31. The van der Waals surface area contributed by atoms with Gasteiger partial charge in [-0.1, -0.05) is 13.3 Å². The van der Waals surface area contributed by atoms with E-state index in [0.29, 0.717) is 23.4 Å². The fourth-order valence-corrected chi connectivity index (χ4v) is 2.04. The number of ether oxygens (including phenoxy) is 1. The molecule has 6 nitrogen and oxygen atoms in total. The quantitative estimate of drug-likeness (QED) is 0.827. The molecule has 0 fully saturated rings. The minimum absolute atomic E-state index is 0.346. The first-order chi connectivity index (χ1) is 9.34. The van der Waals surface area contributed by atoms with Gasteiger partial charge in [0.1, 0.15) is 5.54 Å². The van der Waals surface area contributed by atoms with Crippen LogP contribution in [0.1, 0.15) is 48.4 Å². The Morgan fingerprint density at radius 2 is 2.00 bits per heavy atom. The van der Waals surface area contributed by atoms with E-state index in [2.05, 4.69) is 15.5 Å². The minimum atomic E-state index is -1.04. The topological polar surface area (TPSA) is 81.2 Å². The van der Waals surface area contributed by atoms with Crippen molar-refractivity contribution in [2.75, 3.05) is 7.11 Å². The third-order valence-electron chi connectivity index (χ3n) is 3.12. The van der Waals surface area contributed by atoms with Gasteiger partial charge in [-0.15, -0.1) is 0 Å². The van der Waals surface area contributed by atoms with Gasteiger partial charge < -0.3 is 10.1 Å². The van der Waals surface area contributed by atoms with Crippen molar-refractivity contribution in [1.82, 2.24) is 15.5 Å². The zero-order valence-electron chi connectivity index (χ0n) is 12.6. The zero-order valence-corrected chi connectivity index (χ0v) is 12.6. The monoisotopic (exact) mass is 279 g/mol. The van der Waals surface area contributed by atoms with E-state index >= 15 is 0 Å². The molecule has 1 heterocycles. The fourth-order valence-electron chi connectivity index (χ4n) is 2.04. The van der Waals surface area contributed by atoms with Crippen molar-refractivity contribution in [2.45, 2.75) is 46.1 Å². The van der Waals surface area contributed by atoms with Crippen molar-refractivity contribution in [3.63, 3.8) is 0 Å². The average molecular weight is 279 g/mol. The summed E-state index contributed by atoms with van der Waals surface area (Å²) in [5.74, 6) is -0.800. The molecule has 1 aromatic rings. The van der Waals surface area contributed by atoms with Crippen LogP contribution in [-0.4, -0.2) is 34.7 Å². The fraction of sp³-hybridized carbons (Fsp3) is 0.571. The highest BCUT2D eigenvalue weighted by Crippen LogP contribution is 2.16. The van der Waals surface area contributed by atoms with E-state index in [1.54, 1.807) is 26.8 Å². The number of aromatic nitrogens is 2. The molecule has 0 aromatic carbocycles. The summed E-state index contributed by atoms with van der Waals surface area (Å²) in [6.07, 6.45) is 1.25. The molecule has 1 aromatic heterocycles. The molecule has 0 aliphatic carbocycles. The number of nitrogens with zero attached hydrogens (tertiary/aromatic N) is 2. The second-order valence-electron chi connectivity index (χ2n) is 5.01. The number of amides is 1. The van der Waals surface area contributed by atoms with Crippen LogP contribution >= 0.6 is 0 Å². The Labute approximate surface area is 118 Å². The summed E-state index contributed by atoms with van der Waals surface area (Å²) < 4.78 is 4.78. The Kier molecular flexibility index (Phi) is 5.19. The van der Waals surface area contributed by atoms with Crippen molar-refractivity contribution < 1.29 is 14.3 Å². The first kappa shape index (κ1) is 16.1. The Morgan fingerprint density at radius 1 is 1.35 bits per heavy atom. The summed E-state index contributed by atoms with van der Waals surface area (Å²) in [4.78, 5) is 24.2. The van der Waals surface area contributed by atoms with E-state index in [1.807, 2.05) is 6.92 Å². The van der Waals surface area contributed by atoms with Crippen LogP contribution in [0.5, 0.6) is 0 Å². The Morgan fingerprint density at radius 3 is 2.55 bits per heavy atom. The molecule has 0 radical (unpaired) electrons. The molecule has 1 atom stereocenters. The van der Waals surface area contributed by atoms with Crippen molar-refractivity contribution >= 4 is 11.9 Å². The molecule has 0 saturated carbocycles. The van der Waals surface area contributed by atoms with Gasteiger partial charge in [-0.2, -0.15) is 10.2 Å². The number of esters is 1. The number of hydrogen-bond donors (Lipinski definition) is 1. The summed E-state index contributed by atoms with van der Waals surface area (Å²) in [5, 5.41) is 10.5. The van der Waals surface area contributed by atoms with Gasteiger partial charge in [0.15, 0.2) is 0 Å². The summed E-state index contributed by atoms with van der Waals surface area (Å²) in [5.41, 5.74) is 0.557. The summed E-state index contributed by atoms with van der Waals surface area (Å²) in [6, 6.07) is 1.65. The maximum atomic E-state index is 12.3. The van der Waals surface area contributed by atoms with E-state index < -0.39 is 11.5 Å². The molecular weight excluding hydrogens is 258 g/mol. The summed E-state index contributed by atoms with van der Waals surface area (Å²) >= 11 is 0. The molecule has 0 aliphatic rings. The molecular formula is C14H21N3O3. The van der Waals surface area contributed by atoms with Crippen LogP contribution in [-0.2, 0) is 9.53 Å². The van der Waals surface area contributed by atoms with E-state index in [4.69, 9.17) is 4.74 Å². The van der Waals surface area contributed by atoms with Crippen LogP contribution in [0.4, 0.5) is 0 Å². The van der Waals surface area contributed by atoms with Crippen molar-refractivity contribution in [3.05, 3.63) is 23.0 Å². The number of hydrogen-bond acceptors (Lipinski definition) is 5. The van der Waals surface area contributed by atoms with E-state index in [1.165, 1.54) is 7.11 Å². The second kappa shape index (κ2) is 6.45. The first-order valence-electron chi connectivity index (χ1n) is 6.56. The zero-order chi connectivity index (χ0) is 15.3. The molecule has 6 heteroatoms. The molecule has 0 bridgehead atoms. The molecule has 0 aliphatic heterocycles. The lowest BCUT2D eigenvalue weighted by Gasteiger charge is -2.27. The molecule has 20 heavy (non-hydrogen) atoms. The van der Waals surface area contributed by atoms with Gasteiger partial charge in [0.2, 0.25) is 0 Å². The predicted molar refractivity (Wildman–Crippen MR) is 74.3 cm³/mol. The minimum Gasteiger partial charge on any atom is -0.467 e. The van der Waals surface area contributed by atoms with Crippen LogP contribution in [0.2, 0.25) is 0 Å². The molecule has 0 spiro atoms. The van der Waals surface area contributed by atoms with E-state index in [0.717, 1.165) is 6.42 Å². The highest BCUT2D eigenvalue weighted by molar-refractivity contribution is 5.98. The SMILES string of the molecule is CCCC(C)(NC(=O)c1cc(C)nnc1C)C(=O)OC. The standard InChI is InChI=1S/C14H21N3O3/c1-6-7-14(4,13(19)20-5)15-12(18)11-8-9(2)16-17-10(11)3/h8H,6-7H2,1-5H3,(H,15,18). The van der Waals surface area contributed by atoms with E-state index in [-0.39, 0.29) is 5.91 Å². The average Bonchev–Trinajstić information content (AvgIpc) is 2.40. The second-order valence-corrected chi connectivity index (χ2v) is 5.01. The first-order valence-corrected chi connectivity index (χ1v) is 6.56. The van der Waals surface area contributed by atoms with Crippen LogP contribution in [0.15, 0.2) is 6.07 Å². The Hall–Kier alpha value is -1.98. The highest BCUT2D eigenvalue weighted by Gasteiger charge is 2.35. The molecule has 1 rings (SSSR count). The number of methoxy groups -OCH3 is 1. The number of carbonyl (C=O) groups excluding carboxylic acids is 2. The van der Waals surface area contributed by atoms with Gasteiger partial charge in [0, 0.05) is 0 Å². The van der Waals surface area contributed by atoms with Crippen LogP contribution in [0.3, 0.4) is 0 Å². The van der Waals surface area contributed by atoms with Crippen molar-refractivity contribution in [3.8, 4) is 0 Å². The lowest BCUT2D eigenvalue weighted by atomic mass is 9.95. The van der Waals surface area contributed by atoms with Gasteiger partial charge in [0.25, 0.3) is 5.91 Å². The van der Waals surface area contributed by atoms with Gasteiger partial charge in [-0.3, -0.25) is 4.79 Å². The van der Waals surface area contributed by atoms with Crippen molar-refractivity contribution in [2.24, 2.45) is 0 Å². The smallest absolute Gasteiger partial charge is 0.331 e. The maximum absolute atomic E-state index is 12.3. The molecule has 1 N–H and O–H groups in total. The van der Waals surface area contributed by atoms with Crippen LogP contribution < -0.4 is 5.32 Å². The van der Waals surface area contributed by atoms with E-state index in [9.17, 15) is 9.59 Å². The third kappa shape index (κ3) is 3.53. The number of rotatable bonds is 5. The van der Waals surface area contributed by atoms with Crippen molar-refractivity contribution in [1.29, 1.82) is 0 Å². The molecule has 1 unspecified atom stereocenters. The number of nitrogens with one attached hydrogen (secondary N) is 1. The summed E-state index contributed by atoms with van der Waals surface area (Å²) in [6.45, 7) is 7.07. The van der Waals surface area contributed by atoms with Gasteiger partial charge in [-0.25, -0.2) is 4.79 Å². The Balaban J connectivity index is 3.02. The molecule has 1 amide bonds. The maximum Gasteiger partial charge on any atom is 0.331 e. The van der Waals surface area contributed by atoms with Gasteiger partial charge >= 0.3 is 5.97 Å². The molecule has 0 saturated heterocycles. The third-order valence-corrected chi connectivity index (χ3v) is 3.12.